The minimum absolute atomic E-state index is 0.151. The van der Waals surface area contributed by atoms with Crippen molar-refractivity contribution in [3.8, 4) is 17.1 Å². The molecule has 0 aliphatic heterocycles. The van der Waals surface area contributed by atoms with E-state index in [1.54, 1.807) is 12.1 Å². The molecule has 29 heavy (non-hydrogen) atoms. The van der Waals surface area contributed by atoms with Crippen molar-refractivity contribution in [1.82, 2.24) is 19.7 Å². The van der Waals surface area contributed by atoms with E-state index in [0.29, 0.717) is 21.9 Å². The topological polar surface area (TPSA) is 72.7 Å². The van der Waals surface area contributed by atoms with Gasteiger partial charge >= 0.3 is 0 Å². The smallest absolute Gasteiger partial charge is 0.223 e. The summed E-state index contributed by atoms with van der Waals surface area (Å²) in [6, 6.07) is 16.0. The second kappa shape index (κ2) is 8.54. The van der Waals surface area contributed by atoms with Crippen molar-refractivity contribution in [2.24, 2.45) is 0 Å². The van der Waals surface area contributed by atoms with Gasteiger partial charge in [-0.05, 0) is 24.3 Å². The highest BCUT2D eigenvalue weighted by Gasteiger charge is 2.17. The summed E-state index contributed by atoms with van der Waals surface area (Å²) >= 11 is 2.85. The number of aromatic nitrogens is 4. The minimum atomic E-state index is -0.301. The molecule has 0 saturated carbocycles. The molecule has 0 aliphatic carbocycles. The van der Waals surface area contributed by atoms with Crippen LogP contribution in [0, 0.1) is 5.82 Å². The number of thiazole rings is 1. The van der Waals surface area contributed by atoms with E-state index in [1.807, 2.05) is 40.3 Å². The summed E-state index contributed by atoms with van der Waals surface area (Å²) in [5.74, 6) is 0.786. The Morgan fingerprint density at radius 2 is 1.90 bits per heavy atom. The van der Waals surface area contributed by atoms with Crippen LogP contribution in [0.25, 0.3) is 17.1 Å². The van der Waals surface area contributed by atoms with Crippen LogP contribution in [0.5, 0.6) is 0 Å². The maximum atomic E-state index is 13.4. The van der Waals surface area contributed by atoms with Crippen molar-refractivity contribution in [3.05, 3.63) is 71.5 Å². The Balaban J connectivity index is 1.64. The van der Waals surface area contributed by atoms with Crippen molar-refractivity contribution in [2.75, 3.05) is 5.32 Å². The summed E-state index contributed by atoms with van der Waals surface area (Å²) in [7, 11) is 0. The molecule has 0 aliphatic rings. The zero-order chi connectivity index (χ0) is 20.2. The first-order chi connectivity index (χ1) is 14.1. The number of carbonyl (C=O) groups excluding carboxylic acids is 1. The molecule has 6 nitrogen and oxygen atoms in total. The maximum absolute atomic E-state index is 13.4. The number of thioether (sulfide) groups is 1. The number of rotatable bonds is 6. The average Bonchev–Trinajstić information content (AvgIpc) is 3.34. The molecule has 0 fully saturated rings. The molecule has 9 heteroatoms. The molecule has 4 aromatic rings. The molecular weight excluding hydrogens is 409 g/mol. The third-order valence-corrected chi connectivity index (χ3v) is 5.70. The zero-order valence-corrected chi connectivity index (χ0v) is 17.0. The Kier molecular flexibility index (Phi) is 5.68. The van der Waals surface area contributed by atoms with Gasteiger partial charge in [0, 0.05) is 29.3 Å². The van der Waals surface area contributed by atoms with E-state index in [0.717, 1.165) is 16.9 Å². The van der Waals surface area contributed by atoms with Crippen LogP contribution in [0.15, 0.2) is 65.1 Å². The third-order valence-electron chi connectivity index (χ3n) is 3.93. The molecular formula is C20H16FN5OS2. The van der Waals surface area contributed by atoms with Crippen LogP contribution in [0.3, 0.4) is 0 Å². The summed E-state index contributed by atoms with van der Waals surface area (Å²) in [5, 5.41) is 14.5. The van der Waals surface area contributed by atoms with Crippen LogP contribution >= 0.6 is 23.1 Å². The number of nitrogens with one attached hydrogen (secondary N) is 1. The molecule has 2 aromatic heterocycles. The summed E-state index contributed by atoms with van der Waals surface area (Å²) in [5.41, 5.74) is 2.52. The van der Waals surface area contributed by atoms with Crippen molar-refractivity contribution in [2.45, 2.75) is 17.8 Å². The third kappa shape index (κ3) is 4.52. The van der Waals surface area contributed by atoms with Crippen molar-refractivity contribution < 1.29 is 9.18 Å². The Labute approximate surface area is 174 Å². The number of anilines is 1. The summed E-state index contributed by atoms with van der Waals surface area (Å²) in [6.07, 6.45) is 0. The lowest BCUT2D eigenvalue weighted by Crippen LogP contribution is -2.05. The number of amides is 1. The average molecular weight is 426 g/mol. The molecule has 146 valence electrons. The predicted octanol–water partition coefficient (Wildman–Crippen LogP) is 4.78. The number of carbonyl (C=O) groups is 1. The SMILES string of the molecule is CC(=O)Nc1nc(CSc2nnc(-c3ccccc3)n2-c2ccc(F)cc2)cs1. The van der Waals surface area contributed by atoms with Gasteiger partial charge in [-0.3, -0.25) is 9.36 Å². The summed E-state index contributed by atoms with van der Waals surface area (Å²) in [6.45, 7) is 1.45. The highest BCUT2D eigenvalue weighted by molar-refractivity contribution is 7.98. The van der Waals surface area contributed by atoms with Gasteiger partial charge in [-0.15, -0.1) is 21.5 Å². The fourth-order valence-electron chi connectivity index (χ4n) is 2.68. The van der Waals surface area contributed by atoms with Gasteiger partial charge in [-0.1, -0.05) is 42.1 Å². The van der Waals surface area contributed by atoms with E-state index in [-0.39, 0.29) is 11.7 Å². The molecule has 0 spiro atoms. The molecule has 2 heterocycles. The second-order valence-corrected chi connectivity index (χ2v) is 7.90. The van der Waals surface area contributed by atoms with E-state index in [9.17, 15) is 9.18 Å². The van der Waals surface area contributed by atoms with Crippen molar-refractivity contribution in [3.63, 3.8) is 0 Å². The van der Waals surface area contributed by atoms with E-state index >= 15 is 0 Å². The van der Waals surface area contributed by atoms with Gasteiger partial charge in [-0.25, -0.2) is 9.37 Å². The lowest BCUT2D eigenvalue weighted by molar-refractivity contribution is -0.114. The maximum Gasteiger partial charge on any atom is 0.223 e. The van der Waals surface area contributed by atoms with Crippen LogP contribution in [-0.4, -0.2) is 25.7 Å². The van der Waals surface area contributed by atoms with Crippen LogP contribution in [0.2, 0.25) is 0 Å². The molecule has 1 amide bonds. The number of hydrogen-bond acceptors (Lipinski definition) is 6. The first-order valence-corrected chi connectivity index (χ1v) is 10.6. The van der Waals surface area contributed by atoms with E-state index in [4.69, 9.17) is 0 Å². The molecule has 2 aromatic carbocycles. The molecule has 0 radical (unpaired) electrons. The van der Waals surface area contributed by atoms with Crippen molar-refractivity contribution >= 4 is 34.1 Å². The summed E-state index contributed by atoms with van der Waals surface area (Å²) < 4.78 is 15.3. The van der Waals surface area contributed by atoms with Gasteiger partial charge in [0.15, 0.2) is 16.1 Å². The molecule has 0 saturated heterocycles. The van der Waals surface area contributed by atoms with Gasteiger partial charge in [0.05, 0.1) is 5.69 Å². The molecule has 0 unspecified atom stereocenters. The first kappa shape index (κ1) is 19.3. The Hall–Kier alpha value is -3.04. The largest absolute Gasteiger partial charge is 0.302 e. The normalized spacial score (nSPS) is 10.8. The van der Waals surface area contributed by atoms with E-state index in [1.165, 1.54) is 42.2 Å². The number of hydrogen-bond donors (Lipinski definition) is 1. The standard InChI is InChI=1S/C20H16FN5OS2/c1-13(27)22-19-23-16(11-28-19)12-29-20-25-24-18(14-5-3-2-4-6-14)26(20)17-9-7-15(21)8-10-17/h2-11H,12H2,1H3,(H,22,23,27). The zero-order valence-electron chi connectivity index (χ0n) is 15.4. The summed E-state index contributed by atoms with van der Waals surface area (Å²) in [4.78, 5) is 15.6. The van der Waals surface area contributed by atoms with Crippen LogP contribution in [0.1, 0.15) is 12.6 Å². The first-order valence-electron chi connectivity index (χ1n) is 8.72. The van der Waals surface area contributed by atoms with Gasteiger partial charge in [-0.2, -0.15) is 0 Å². The van der Waals surface area contributed by atoms with Gasteiger partial charge in [0.2, 0.25) is 5.91 Å². The Bertz CT molecular complexity index is 1130. The van der Waals surface area contributed by atoms with E-state index in [2.05, 4.69) is 20.5 Å². The minimum Gasteiger partial charge on any atom is -0.302 e. The highest BCUT2D eigenvalue weighted by atomic mass is 32.2. The Morgan fingerprint density at radius 1 is 1.14 bits per heavy atom. The monoisotopic (exact) mass is 425 g/mol. The number of nitrogens with zero attached hydrogens (tertiary/aromatic N) is 4. The molecule has 1 N–H and O–H groups in total. The lowest BCUT2D eigenvalue weighted by atomic mass is 10.2. The van der Waals surface area contributed by atoms with Crippen LogP contribution in [0.4, 0.5) is 9.52 Å². The predicted molar refractivity (Wildman–Crippen MR) is 113 cm³/mol. The van der Waals surface area contributed by atoms with Gasteiger partial charge in [0.1, 0.15) is 5.82 Å². The highest BCUT2D eigenvalue weighted by Crippen LogP contribution is 2.30. The molecule has 4 rings (SSSR count). The van der Waals surface area contributed by atoms with Crippen LogP contribution < -0.4 is 5.32 Å². The molecule has 0 atom stereocenters. The fourth-order valence-corrected chi connectivity index (χ4v) is 4.39. The lowest BCUT2D eigenvalue weighted by Gasteiger charge is -2.10. The van der Waals surface area contributed by atoms with Gasteiger partial charge < -0.3 is 5.32 Å². The van der Waals surface area contributed by atoms with E-state index < -0.39 is 0 Å². The molecule has 0 bridgehead atoms. The Morgan fingerprint density at radius 3 is 2.62 bits per heavy atom. The second-order valence-electron chi connectivity index (χ2n) is 6.10. The van der Waals surface area contributed by atoms with Crippen molar-refractivity contribution in [1.29, 1.82) is 0 Å². The number of halogens is 1. The number of benzene rings is 2. The van der Waals surface area contributed by atoms with Gasteiger partial charge in [0.25, 0.3) is 0 Å². The fraction of sp³-hybridized carbons (Fsp3) is 0.100. The van der Waals surface area contributed by atoms with Crippen LogP contribution in [-0.2, 0) is 10.5 Å². The quantitative estimate of drug-likeness (QED) is 0.450.